The summed E-state index contributed by atoms with van der Waals surface area (Å²) in [7, 11) is 0. The van der Waals surface area contributed by atoms with E-state index in [4.69, 9.17) is 0 Å². The van der Waals surface area contributed by atoms with Gasteiger partial charge in [-0.3, -0.25) is 14.4 Å². The van der Waals surface area contributed by atoms with Gasteiger partial charge in [-0.2, -0.15) is 0 Å². The van der Waals surface area contributed by atoms with E-state index in [0.29, 0.717) is 22.3 Å². The molecule has 34 heavy (non-hydrogen) atoms. The van der Waals surface area contributed by atoms with Crippen molar-refractivity contribution in [2.24, 2.45) is 0 Å². The molecule has 0 radical (unpaired) electrons. The fourth-order valence-electron chi connectivity index (χ4n) is 6.24. The maximum absolute atomic E-state index is 14.2. The van der Waals surface area contributed by atoms with Gasteiger partial charge in [-0.15, -0.1) is 0 Å². The van der Waals surface area contributed by atoms with Crippen LogP contribution in [0.5, 0.6) is 0 Å². The standard InChI is InChI=1S/C26H33FN4O3/c1-16(32)28-22-20-14-17(27)12-13-21(20)30-15-26(2,25(34)29-18-8-6-7-9-18)31(24(33)23(22)30)19-10-4-3-5-11-19/h12-14,18-19H,3-11,15H2,1-2H3,(H,28,32)(H,29,34)/t26-/m1/s1. The molecule has 2 aliphatic carbocycles. The number of aromatic nitrogens is 1. The fraction of sp³-hybridized carbons (Fsp3) is 0.577. The molecular weight excluding hydrogens is 435 g/mol. The van der Waals surface area contributed by atoms with Crippen molar-refractivity contribution >= 4 is 34.3 Å². The summed E-state index contributed by atoms with van der Waals surface area (Å²) in [5, 5.41) is 6.48. The molecule has 2 heterocycles. The highest BCUT2D eigenvalue weighted by Gasteiger charge is 2.52. The molecule has 0 saturated heterocycles. The van der Waals surface area contributed by atoms with Crippen molar-refractivity contribution in [1.29, 1.82) is 0 Å². The lowest BCUT2D eigenvalue weighted by molar-refractivity contribution is -0.135. The van der Waals surface area contributed by atoms with Gasteiger partial charge in [-0.1, -0.05) is 32.1 Å². The number of anilines is 1. The van der Waals surface area contributed by atoms with Crippen LogP contribution >= 0.6 is 0 Å². The Kier molecular flexibility index (Phi) is 5.86. The van der Waals surface area contributed by atoms with Gasteiger partial charge in [0.15, 0.2) is 0 Å². The van der Waals surface area contributed by atoms with E-state index in [1.165, 1.54) is 19.1 Å². The first-order valence-electron chi connectivity index (χ1n) is 12.5. The Labute approximate surface area is 199 Å². The molecule has 5 rings (SSSR count). The molecule has 0 bridgehead atoms. The zero-order valence-corrected chi connectivity index (χ0v) is 20.0. The van der Waals surface area contributed by atoms with Crippen molar-refractivity contribution in [3.05, 3.63) is 29.7 Å². The van der Waals surface area contributed by atoms with Crippen LogP contribution in [0, 0.1) is 5.82 Å². The van der Waals surface area contributed by atoms with Crippen LogP contribution in [0.4, 0.5) is 10.1 Å². The second-order valence-corrected chi connectivity index (χ2v) is 10.3. The van der Waals surface area contributed by atoms with Gasteiger partial charge >= 0.3 is 0 Å². The zero-order chi connectivity index (χ0) is 24.0. The van der Waals surface area contributed by atoms with Crippen LogP contribution in [0.2, 0.25) is 0 Å². The molecule has 2 aromatic rings. The van der Waals surface area contributed by atoms with Crippen molar-refractivity contribution in [2.45, 2.75) is 95.8 Å². The van der Waals surface area contributed by atoms with E-state index in [-0.39, 0.29) is 36.3 Å². The summed E-state index contributed by atoms with van der Waals surface area (Å²) in [5.74, 6) is -1.18. The second kappa shape index (κ2) is 8.71. The molecule has 0 spiro atoms. The molecule has 182 valence electrons. The van der Waals surface area contributed by atoms with Gasteiger partial charge in [0.1, 0.15) is 17.1 Å². The van der Waals surface area contributed by atoms with Crippen molar-refractivity contribution < 1.29 is 18.8 Å². The van der Waals surface area contributed by atoms with Crippen LogP contribution in [0.1, 0.15) is 82.1 Å². The smallest absolute Gasteiger partial charge is 0.273 e. The number of nitrogens with zero attached hydrogens (tertiary/aromatic N) is 2. The van der Waals surface area contributed by atoms with E-state index in [1.807, 2.05) is 6.92 Å². The molecule has 1 aliphatic heterocycles. The summed E-state index contributed by atoms with van der Waals surface area (Å²) in [6.07, 6.45) is 8.98. The first kappa shape index (κ1) is 22.9. The van der Waals surface area contributed by atoms with Gasteiger partial charge in [0.2, 0.25) is 11.8 Å². The Bertz CT molecular complexity index is 1150. The highest BCUT2D eigenvalue weighted by molar-refractivity contribution is 6.14. The van der Waals surface area contributed by atoms with Crippen molar-refractivity contribution in [3.63, 3.8) is 0 Å². The van der Waals surface area contributed by atoms with Crippen LogP contribution in [-0.4, -0.2) is 44.8 Å². The number of nitrogens with one attached hydrogen (secondary N) is 2. The summed E-state index contributed by atoms with van der Waals surface area (Å²) >= 11 is 0. The first-order valence-corrected chi connectivity index (χ1v) is 12.5. The zero-order valence-electron chi connectivity index (χ0n) is 20.0. The molecule has 1 aromatic heterocycles. The summed E-state index contributed by atoms with van der Waals surface area (Å²) in [4.78, 5) is 41.8. The third kappa shape index (κ3) is 3.77. The quantitative estimate of drug-likeness (QED) is 0.700. The molecule has 3 aliphatic rings. The van der Waals surface area contributed by atoms with Gasteiger partial charge in [0.05, 0.1) is 17.7 Å². The van der Waals surface area contributed by atoms with Crippen molar-refractivity contribution in [3.8, 4) is 0 Å². The Morgan fingerprint density at radius 1 is 1.06 bits per heavy atom. The Balaban J connectivity index is 1.66. The normalized spacial score (nSPS) is 23.9. The lowest BCUT2D eigenvalue weighted by atomic mass is 9.86. The molecule has 3 amide bonds. The van der Waals surface area contributed by atoms with Gasteiger partial charge in [0.25, 0.3) is 5.91 Å². The molecule has 2 saturated carbocycles. The Morgan fingerprint density at radius 3 is 2.41 bits per heavy atom. The monoisotopic (exact) mass is 468 g/mol. The van der Waals surface area contributed by atoms with Gasteiger partial charge in [0, 0.05) is 24.4 Å². The van der Waals surface area contributed by atoms with Crippen LogP contribution in [-0.2, 0) is 16.1 Å². The number of hydrogen-bond donors (Lipinski definition) is 2. The third-order valence-corrected chi connectivity index (χ3v) is 7.86. The van der Waals surface area contributed by atoms with Crippen LogP contribution in [0.25, 0.3) is 10.9 Å². The second-order valence-electron chi connectivity index (χ2n) is 10.3. The summed E-state index contributed by atoms with van der Waals surface area (Å²) < 4.78 is 16.0. The molecule has 1 aromatic carbocycles. The molecule has 1 atom stereocenters. The Hall–Kier alpha value is -2.90. The number of carbonyl (C=O) groups excluding carboxylic acids is 3. The van der Waals surface area contributed by atoms with Crippen molar-refractivity contribution in [2.75, 3.05) is 5.32 Å². The lowest BCUT2D eigenvalue weighted by Gasteiger charge is -2.49. The maximum Gasteiger partial charge on any atom is 0.273 e. The number of rotatable bonds is 4. The van der Waals surface area contributed by atoms with E-state index in [9.17, 15) is 18.8 Å². The van der Waals surface area contributed by atoms with Crippen LogP contribution in [0.15, 0.2) is 18.2 Å². The van der Waals surface area contributed by atoms with Gasteiger partial charge in [-0.05, 0) is 50.8 Å². The van der Waals surface area contributed by atoms with Gasteiger partial charge < -0.3 is 20.1 Å². The highest BCUT2D eigenvalue weighted by atomic mass is 19.1. The molecule has 2 fully saturated rings. The predicted octanol–water partition coefficient (Wildman–Crippen LogP) is 4.34. The number of hydrogen-bond acceptors (Lipinski definition) is 3. The van der Waals surface area contributed by atoms with E-state index in [2.05, 4.69) is 10.6 Å². The third-order valence-electron chi connectivity index (χ3n) is 7.86. The average molecular weight is 469 g/mol. The van der Waals surface area contributed by atoms with E-state index in [0.717, 1.165) is 57.8 Å². The Morgan fingerprint density at radius 2 is 1.74 bits per heavy atom. The number of carbonyl (C=O) groups is 3. The first-order chi connectivity index (χ1) is 16.3. The fourth-order valence-corrected chi connectivity index (χ4v) is 6.24. The largest absolute Gasteiger partial charge is 0.351 e. The van der Waals surface area contributed by atoms with Crippen LogP contribution in [0.3, 0.4) is 0 Å². The molecule has 2 N–H and O–H groups in total. The number of fused-ring (bicyclic) bond motifs is 3. The summed E-state index contributed by atoms with van der Waals surface area (Å²) in [6, 6.07) is 4.41. The minimum absolute atomic E-state index is 0.0470. The molecular formula is C26H33FN4O3. The summed E-state index contributed by atoms with van der Waals surface area (Å²) in [5.41, 5.74) is 0.206. The number of halogens is 1. The lowest BCUT2D eigenvalue weighted by Crippen LogP contribution is -2.67. The minimum atomic E-state index is -1.08. The maximum atomic E-state index is 14.2. The SMILES string of the molecule is CC(=O)Nc1c2n(c3ccc(F)cc13)C[C@](C)(C(=O)NC1CCCC1)N(C1CCCCC1)C2=O. The summed E-state index contributed by atoms with van der Waals surface area (Å²) in [6.45, 7) is 3.49. The average Bonchev–Trinajstić information content (AvgIpc) is 3.40. The van der Waals surface area contributed by atoms with Crippen molar-refractivity contribution in [1.82, 2.24) is 14.8 Å². The van der Waals surface area contributed by atoms with E-state index in [1.54, 1.807) is 15.5 Å². The molecule has 7 nitrogen and oxygen atoms in total. The van der Waals surface area contributed by atoms with Gasteiger partial charge in [-0.25, -0.2) is 4.39 Å². The predicted molar refractivity (Wildman–Crippen MR) is 128 cm³/mol. The van der Waals surface area contributed by atoms with E-state index >= 15 is 0 Å². The number of benzene rings is 1. The highest BCUT2D eigenvalue weighted by Crippen LogP contribution is 2.42. The molecule has 0 unspecified atom stereocenters. The topological polar surface area (TPSA) is 83.4 Å². The van der Waals surface area contributed by atoms with Crippen LogP contribution < -0.4 is 10.6 Å². The minimum Gasteiger partial charge on any atom is -0.351 e. The van der Waals surface area contributed by atoms with E-state index < -0.39 is 11.4 Å². The number of amides is 3. The molecule has 8 heteroatoms.